The number of hydrazine groups is 1. The fourth-order valence-electron chi connectivity index (χ4n) is 6.12. The Morgan fingerprint density at radius 3 is 2.28 bits per heavy atom. The molecule has 4 saturated carbocycles. The molecule has 25 heavy (non-hydrogen) atoms. The van der Waals surface area contributed by atoms with Gasteiger partial charge in [0.15, 0.2) is 0 Å². The van der Waals surface area contributed by atoms with E-state index in [-0.39, 0.29) is 22.6 Å². The molecular weight excluding hydrogens is 312 g/mol. The van der Waals surface area contributed by atoms with Crippen molar-refractivity contribution in [2.45, 2.75) is 64.2 Å². The minimum Gasteiger partial charge on any atom is -0.273 e. The predicted octanol–water partition coefficient (Wildman–Crippen LogP) is 3.39. The average molecular weight is 340 g/mol. The Bertz CT molecular complexity index is 680. The lowest BCUT2D eigenvalue weighted by molar-refractivity contribution is -0.151. The van der Waals surface area contributed by atoms with Gasteiger partial charge in [-0.05, 0) is 68.3 Å². The van der Waals surface area contributed by atoms with Crippen molar-refractivity contribution in [3.8, 4) is 0 Å². The SMILES string of the molecule is CCC(=O)NNC(=O)C12C[C@H]3C[C@H](C1)CC(c1ccc(C)cc1)(C3)C2. The smallest absolute Gasteiger partial charge is 0.244 e. The number of carbonyl (C=O) groups is 2. The average Bonchev–Trinajstić information content (AvgIpc) is 2.58. The number of carbonyl (C=O) groups excluding carboxylic acids is 2. The molecule has 0 unspecified atom stereocenters. The summed E-state index contributed by atoms with van der Waals surface area (Å²) < 4.78 is 0. The van der Waals surface area contributed by atoms with Gasteiger partial charge in [0.05, 0.1) is 5.41 Å². The lowest BCUT2D eigenvalue weighted by Crippen LogP contribution is -2.60. The highest BCUT2D eigenvalue weighted by molar-refractivity contribution is 5.86. The van der Waals surface area contributed by atoms with Crippen molar-refractivity contribution in [3.05, 3.63) is 35.4 Å². The molecule has 4 fully saturated rings. The lowest BCUT2D eigenvalue weighted by atomic mass is 9.42. The van der Waals surface area contributed by atoms with E-state index in [0.29, 0.717) is 18.3 Å². The largest absolute Gasteiger partial charge is 0.273 e. The summed E-state index contributed by atoms with van der Waals surface area (Å²) in [5.41, 5.74) is 7.83. The maximum absolute atomic E-state index is 13.0. The van der Waals surface area contributed by atoms with Crippen molar-refractivity contribution in [2.24, 2.45) is 17.3 Å². The summed E-state index contributed by atoms with van der Waals surface area (Å²) in [7, 11) is 0. The predicted molar refractivity (Wildman–Crippen MR) is 96.5 cm³/mol. The van der Waals surface area contributed by atoms with E-state index in [0.717, 1.165) is 19.3 Å². The summed E-state index contributed by atoms with van der Waals surface area (Å²) in [6.45, 7) is 3.91. The Morgan fingerprint density at radius 2 is 1.68 bits per heavy atom. The molecule has 5 rings (SSSR count). The molecule has 4 aliphatic carbocycles. The summed E-state index contributed by atoms with van der Waals surface area (Å²) >= 11 is 0. The van der Waals surface area contributed by atoms with Crippen LogP contribution in [0.4, 0.5) is 0 Å². The van der Waals surface area contributed by atoms with Crippen molar-refractivity contribution in [1.82, 2.24) is 10.9 Å². The number of amides is 2. The molecule has 0 heterocycles. The molecular formula is C21H28N2O2. The monoisotopic (exact) mass is 340 g/mol. The molecule has 1 aromatic carbocycles. The zero-order chi connectivity index (χ0) is 17.7. The van der Waals surface area contributed by atoms with Crippen LogP contribution >= 0.6 is 0 Å². The van der Waals surface area contributed by atoms with Crippen LogP contribution in [-0.4, -0.2) is 11.8 Å². The molecule has 2 amide bonds. The minimum atomic E-state index is -0.310. The van der Waals surface area contributed by atoms with Gasteiger partial charge >= 0.3 is 0 Å². The van der Waals surface area contributed by atoms with Gasteiger partial charge < -0.3 is 0 Å². The van der Waals surface area contributed by atoms with Crippen molar-refractivity contribution in [2.75, 3.05) is 0 Å². The van der Waals surface area contributed by atoms with E-state index in [4.69, 9.17) is 0 Å². The van der Waals surface area contributed by atoms with E-state index in [1.54, 1.807) is 6.92 Å². The van der Waals surface area contributed by atoms with Crippen LogP contribution in [0.3, 0.4) is 0 Å². The summed E-state index contributed by atoms with van der Waals surface area (Å²) in [6, 6.07) is 8.93. The fraction of sp³-hybridized carbons (Fsp3) is 0.619. The van der Waals surface area contributed by atoms with Crippen LogP contribution in [-0.2, 0) is 15.0 Å². The second-order valence-corrected chi connectivity index (χ2v) is 8.74. The standard InChI is InChI=1S/C21H28N2O2/c1-3-18(24)22-23-19(25)21-11-15-8-16(12-21)10-20(9-15,13-21)17-6-4-14(2)5-7-17/h4-7,15-16H,3,8-13H2,1-2H3,(H,22,24)(H,23,25)/t15-,16-,20?,21?/m0/s1. The quantitative estimate of drug-likeness (QED) is 0.829. The van der Waals surface area contributed by atoms with E-state index in [9.17, 15) is 9.59 Å². The Labute approximate surface area is 149 Å². The van der Waals surface area contributed by atoms with Crippen LogP contribution < -0.4 is 10.9 Å². The number of rotatable bonds is 3. The van der Waals surface area contributed by atoms with E-state index >= 15 is 0 Å². The number of hydrogen-bond donors (Lipinski definition) is 2. The third kappa shape index (κ3) is 2.76. The van der Waals surface area contributed by atoms with Crippen LogP contribution in [0.2, 0.25) is 0 Å². The normalized spacial score (nSPS) is 35.4. The van der Waals surface area contributed by atoms with Crippen molar-refractivity contribution in [3.63, 3.8) is 0 Å². The Balaban J connectivity index is 1.61. The van der Waals surface area contributed by atoms with Gasteiger partial charge in [-0.3, -0.25) is 20.4 Å². The van der Waals surface area contributed by atoms with Crippen LogP contribution in [0.1, 0.15) is 63.0 Å². The Kier molecular flexibility index (Phi) is 3.89. The molecule has 4 heteroatoms. The second-order valence-electron chi connectivity index (χ2n) is 8.74. The highest BCUT2D eigenvalue weighted by atomic mass is 16.2. The molecule has 0 aromatic heterocycles. The Hall–Kier alpha value is -1.84. The highest BCUT2D eigenvalue weighted by Crippen LogP contribution is 2.65. The molecule has 1 aromatic rings. The lowest BCUT2D eigenvalue weighted by Gasteiger charge is -2.61. The van der Waals surface area contributed by atoms with Crippen LogP contribution in [0.25, 0.3) is 0 Å². The molecule has 0 aliphatic heterocycles. The second kappa shape index (κ2) is 5.86. The highest BCUT2D eigenvalue weighted by Gasteiger charge is 2.60. The van der Waals surface area contributed by atoms with Crippen LogP contribution in [0.5, 0.6) is 0 Å². The van der Waals surface area contributed by atoms with Gasteiger partial charge in [0.25, 0.3) is 0 Å². The summed E-state index contributed by atoms with van der Waals surface area (Å²) in [4.78, 5) is 24.6. The van der Waals surface area contributed by atoms with E-state index in [1.165, 1.54) is 30.4 Å². The van der Waals surface area contributed by atoms with Gasteiger partial charge in [0.2, 0.25) is 11.8 Å². The number of hydrogen-bond acceptors (Lipinski definition) is 2. The van der Waals surface area contributed by atoms with Gasteiger partial charge in [-0.1, -0.05) is 36.8 Å². The zero-order valence-corrected chi connectivity index (χ0v) is 15.2. The van der Waals surface area contributed by atoms with Crippen LogP contribution in [0.15, 0.2) is 24.3 Å². The first-order valence-electron chi connectivity index (χ1n) is 9.61. The number of aryl methyl sites for hydroxylation is 1. The molecule has 0 radical (unpaired) electrons. The van der Waals surface area contributed by atoms with Gasteiger partial charge in [0.1, 0.15) is 0 Å². The van der Waals surface area contributed by atoms with E-state index < -0.39 is 0 Å². The number of nitrogens with one attached hydrogen (secondary N) is 2. The number of benzene rings is 1. The fourth-order valence-corrected chi connectivity index (χ4v) is 6.12. The van der Waals surface area contributed by atoms with Gasteiger partial charge in [-0.25, -0.2) is 0 Å². The molecule has 2 N–H and O–H groups in total. The zero-order valence-electron chi connectivity index (χ0n) is 15.2. The van der Waals surface area contributed by atoms with Crippen molar-refractivity contribution in [1.29, 1.82) is 0 Å². The summed E-state index contributed by atoms with van der Waals surface area (Å²) in [6.07, 6.45) is 6.95. The van der Waals surface area contributed by atoms with E-state index in [1.807, 2.05) is 0 Å². The first-order chi connectivity index (χ1) is 11.9. The van der Waals surface area contributed by atoms with Gasteiger partial charge in [-0.2, -0.15) is 0 Å². The molecule has 4 bridgehead atoms. The Morgan fingerprint density at radius 1 is 1.04 bits per heavy atom. The van der Waals surface area contributed by atoms with E-state index in [2.05, 4.69) is 42.0 Å². The minimum absolute atomic E-state index is 0.0277. The molecule has 134 valence electrons. The molecule has 0 spiro atoms. The maximum Gasteiger partial charge on any atom is 0.244 e. The molecule has 4 aliphatic rings. The first-order valence-corrected chi connectivity index (χ1v) is 9.61. The first kappa shape index (κ1) is 16.6. The van der Waals surface area contributed by atoms with Crippen molar-refractivity contribution >= 4 is 11.8 Å². The van der Waals surface area contributed by atoms with Gasteiger partial charge in [-0.15, -0.1) is 0 Å². The third-order valence-corrected chi connectivity index (χ3v) is 6.84. The molecule has 0 saturated heterocycles. The summed E-state index contributed by atoms with van der Waals surface area (Å²) in [5.74, 6) is 1.16. The topological polar surface area (TPSA) is 58.2 Å². The van der Waals surface area contributed by atoms with Gasteiger partial charge in [0, 0.05) is 6.42 Å². The van der Waals surface area contributed by atoms with Crippen LogP contribution in [0, 0.1) is 24.2 Å². The third-order valence-electron chi connectivity index (χ3n) is 6.84. The maximum atomic E-state index is 13.0. The summed E-state index contributed by atoms with van der Waals surface area (Å²) in [5, 5.41) is 0. The molecule has 2 atom stereocenters. The van der Waals surface area contributed by atoms with Crippen molar-refractivity contribution < 1.29 is 9.59 Å². The molecule has 4 nitrogen and oxygen atoms in total.